The molecule has 0 aromatic carbocycles. The number of amides is 1. The molecule has 16 heavy (non-hydrogen) atoms. The predicted molar refractivity (Wildman–Crippen MR) is 67.2 cm³/mol. The maximum atomic E-state index is 12.2. The molecule has 0 aromatic heterocycles. The smallest absolute Gasteiger partial charge is 0.232 e. The molecule has 1 heterocycles. The molecule has 92 valence electrons. The van der Waals surface area contributed by atoms with Gasteiger partial charge < -0.3 is 15.4 Å². The molecule has 0 saturated carbocycles. The van der Waals surface area contributed by atoms with Crippen molar-refractivity contribution in [1.29, 1.82) is 0 Å². The summed E-state index contributed by atoms with van der Waals surface area (Å²) >= 11 is 4.91. The first-order valence-corrected chi connectivity index (χ1v) is 6.07. The fraction of sp³-hybridized carbons (Fsp3) is 0.818. The summed E-state index contributed by atoms with van der Waals surface area (Å²) in [5, 5.41) is 0. The lowest BCUT2D eigenvalue weighted by Gasteiger charge is -2.29. The Morgan fingerprint density at radius 3 is 2.69 bits per heavy atom. The number of rotatable bonds is 4. The van der Waals surface area contributed by atoms with Gasteiger partial charge >= 0.3 is 0 Å². The first-order chi connectivity index (χ1) is 7.49. The number of hydrogen-bond acceptors (Lipinski definition) is 3. The lowest BCUT2D eigenvalue weighted by atomic mass is 10.0. The van der Waals surface area contributed by atoms with Gasteiger partial charge in [0.2, 0.25) is 5.91 Å². The van der Waals surface area contributed by atoms with Gasteiger partial charge in [-0.15, -0.1) is 0 Å². The summed E-state index contributed by atoms with van der Waals surface area (Å²) < 4.78 is 5.45. The minimum Gasteiger partial charge on any atom is -0.393 e. The molecule has 3 unspecified atom stereocenters. The third kappa shape index (κ3) is 2.71. The van der Waals surface area contributed by atoms with Crippen molar-refractivity contribution >= 4 is 23.1 Å². The maximum Gasteiger partial charge on any atom is 0.232 e. The van der Waals surface area contributed by atoms with E-state index in [4.69, 9.17) is 22.7 Å². The fourth-order valence-electron chi connectivity index (χ4n) is 2.14. The average molecular weight is 244 g/mol. The molecule has 5 heteroatoms. The largest absolute Gasteiger partial charge is 0.393 e. The summed E-state index contributed by atoms with van der Waals surface area (Å²) in [5.41, 5.74) is 5.57. The van der Waals surface area contributed by atoms with Gasteiger partial charge in [-0.05, 0) is 19.8 Å². The Morgan fingerprint density at radius 1 is 1.69 bits per heavy atom. The zero-order chi connectivity index (χ0) is 12.3. The van der Waals surface area contributed by atoms with Crippen LogP contribution in [0.5, 0.6) is 0 Å². The first kappa shape index (κ1) is 13.4. The van der Waals surface area contributed by atoms with Crippen LogP contribution in [0.3, 0.4) is 0 Å². The Kier molecular flexibility index (Phi) is 4.68. The van der Waals surface area contributed by atoms with Crippen molar-refractivity contribution in [2.45, 2.75) is 38.8 Å². The highest BCUT2D eigenvalue weighted by atomic mass is 32.1. The maximum absolute atomic E-state index is 12.2. The lowest BCUT2D eigenvalue weighted by molar-refractivity contribution is -0.135. The molecule has 0 aromatic rings. The lowest BCUT2D eigenvalue weighted by Crippen LogP contribution is -2.46. The molecule has 1 saturated heterocycles. The van der Waals surface area contributed by atoms with E-state index in [1.54, 1.807) is 11.9 Å². The fourth-order valence-corrected chi connectivity index (χ4v) is 2.40. The molecule has 0 radical (unpaired) electrons. The van der Waals surface area contributed by atoms with Gasteiger partial charge in [0.1, 0.15) is 0 Å². The van der Waals surface area contributed by atoms with Gasteiger partial charge in [0, 0.05) is 13.7 Å². The number of nitrogens with zero attached hydrogens (tertiary/aromatic N) is 1. The van der Waals surface area contributed by atoms with Gasteiger partial charge in [-0.2, -0.15) is 0 Å². The van der Waals surface area contributed by atoms with Crippen LogP contribution in [-0.2, 0) is 9.53 Å². The molecule has 1 aliphatic heterocycles. The van der Waals surface area contributed by atoms with Crippen LogP contribution in [0.25, 0.3) is 0 Å². The van der Waals surface area contributed by atoms with E-state index in [1.807, 2.05) is 13.8 Å². The monoisotopic (exact) mass is 244 g/mol. The second-order valence-electron chi connectivity index (χ2n) is 4.24. The SMILES string of the molecule is CCC(C(=O)N(C)C1CCOC1C)C(N)=S. The van der Waals surface area contributed by atoms with Crippen molar-refractivity contribution in [2.75, 3.05) is 13.7 Å². The van der Waals surface area contributed by atoms with Crippen LogP contribution in [-0.4, -0.2) is 41.6 Å². The van der Waals surface area contributed by atoms with E-state index >= 15 is 0 Å². The van der Waals surface area contributed by atoms with Crippen molar-refractivity contribution in [3.63, 3.8) is 0 Å². The van der Waals surface area contributed by atoms with Crippen LogP contribution in [0, 0.1) is 5.92 Å². The summed E-state index contributed by atoms with van der Waals surface area (Å²) in [4.78, 5) is 14.2. The quantitative estimate of drug-likeness (QED) is 0.748. The van der Waals surface area contributed by atoms with E-state index in [0.717, 1.165) is 6.42 Å². The second-order valence-corrected chi connectivity index (χ2v) is 4.72. The number of likely N-dealkylation sites (N-methyl/N-ethyl adjacent to an activating group) is 1. The Balaban J connectivity index is 2.68. The first-order valence-electron chi connectivity index (χ1n) is 5.66. The molecule has 4 nitrogen and oxygen atoms in total. The summed E-state index contributed by atoms with van der Waals surface area (Å²) in [6.45, 7) is 4.63. The highest BCUT2D eigenvalue weighted by Gasteiger charge is 2.33. The third-order valence-electron chi connectivity index (χ3n) is 3.23. The Labute approximate surface area is 102 Å². The van der Waals surface area contributed by atoms with Crippen LogP contribution >= 0.6 is 12.2 Å². The highest BCUT2D eigenvalue weighted by Crippen LogP contribution is 2.20. The second kappa shape index (κ2) is 5.59. The van der Waals surface area contributed by atoms with Gasteiger partial charge in [-0.25, -0.2) is 0 Å². The van der Waals surface area contributed by atoms with Gasteiger partial charge in [0.15, 0.2) is 0 Å². The molecule has 1 aliphatic rings. The number of thiocarbonyl (C=S) groups is 1. The number of carbonyl (C=O) groups is 1. The van der Waals surface area contributed by atoms with Crippen LogP contribution in [0.2, 0.25) is 0 Å². The number of carbonyl (C=O) groups excluding carboxylic acids is 1. The minimum atomic E-state index is -0.340. The molecule has 0 spiro atoms. The number of ether oxygens (including phenoxy) is 1. The normalized spacial score (nSPS) is 26.4. The molecule has 2 N–H and O–H groups in total. The summed E-state index contributed by atoms with van der Waals surface area (Å²) in [6, 6.07) is 0.149. The highest BCUT2D eigenvalue weighted by molar-refractivity contribution is 7.80. The Hall–Kier alpha value is -0.680. The predicted octanol–water partition coefficient (Wildman–Crippen LogP) is 0.935. The van der Waals surface area contributed by atoms with Gasteiger partial charge in [0.25, 0.3) is 0 Å². The Bertz CT molecular complexity index is 283. The van der Waals surface area contributed by atoms with E-state index in [0.29, 0.717) is 13.0 Å². The molecule has 1 amide bonds. The van der Waals surface area contributed by atoms with E-state index in [-0.39, 0.29) is 29.0 Å². The van der Waals surface area contributed by atoms with E-state index < -0.39 is 0 Å². The van der Waals surface area contributed by atoms with Crippen molar-refractivity contribution in [3.05, 3.63) is 0 Å². The molecule has 3 atom stereocenters. The zero-order valence-corrected chi connectivity index (χ0v) is 10.9. The standard InChI is InChI=1S/C11H20N2O2S/c1-4-8(10(12)16)11(14)13(3)9-5-6-15-7(9)2/h7-9H,4-6H2,1-3H3,(H2,12,16). The van der Waals surface area contributed by atoms with Crippen LogP contribution < -0.4 is 5.73 Å². The molecule has 1 fully saturated rings. The molecule has 1 rings (SSSR count). The van der Waals surface area contributed by atoms with Crippen molar-refractivity contribution in [1.82, 2.24) is 4.90 Å². The van der Waals surface area contributed by atoms with Gasteiger partial charge in [-0.1, -0.05) is 19.1 Å². The van der Waals surface area contributed by atoms with Crippen LogP contribution in [0.4, 0.5) is 0 Å². The molecular formula is C11H20N2O2S. The molecule has 0 aliphatic carbocycles. The summed E-state index contributed by atoms with van der Waals surface area (Å²) in [6.07, 6.45) is 1.63. The van der Waals surface area contributed by atoms with Crippen molar-refractivity contribution in [2.24, 2.45) is 11.7 Å². The Morgan fingerprint density at radius 2 is 2.31 bits per heavy atom. The van der Waals surface area contributed by atoms with E-state index in [1.165, 1.54) is 0 Å². The summed E-state index contributed by atoms with van der Waals surface area (Å²) in [7, 11) is 1.80. The van der Waals surface area contributed by atoms with Gasteiger partial charge in [-0.3, -0.25) is 4.79 Å². The van der Waals surface area contributed by atoms with Crippen molar-refractivity contribution < 1.29 is 9.53 Å². The van der Waals surface area contributed by atoms with Gasteiger partial charge in [0.05, 0.1) is 23.1 Å². The minimum absolute atomic E-state index is 0.0114. The van der Waals surface area contributed by atoms with E-state index in [9.17, 15) is 4.79 Å². The number of nitrogens with two attached hydrogens (primary N) is 1. The molecular weight excluding hydrogens is 224 g/mol. The topological polar surface area (TPSA) is 55.6 Å². The van der Waals surface area contributed by atoms with E-state index in [2.05, 4.69) is 0 Å². The zero-order valence-electron chi connectivity index (χ0n) is 10.1. The summed E-state index contributed by atoms with van der Waals surface area (Å²) in [5.74, 6) is -0.329. The number of hydrogen-bond donors (Lipinski definition) is 1. The van der Waals surface area contributed by atoms with Crippen LogP contribution in [0.1, 0.15) is 26.7 Å². The average Bonchev–Trinajstić information content (AvgIpc) is 2.63. The van der Waals surface area contributed by atoms with Crippen molar-refractivity contribution in [3.8, 4) is 0 Å². The third-order valence-corrected chi connectivity index (χ3v) is 3.52. The van der Waals surface area contributed by atoms with Crippen LogP contribution in [0.15, 0.2) is 0 Å². The molecule has 0 bridgehead atoms.